The zero-order valence-electron chi connectivity index (χ0n) is 23.7. The molecule has 2 aromatic heterocycles. The van der Waals surface area contributed by atoms with Gasteiger partial charge in [0.1, 0.15) is 17.9 Å². The molecule has 0 radical (unpaired) electrons. The number of anilines is 2. The summed E-state index contributed by atoms with van der Waals surface area (Å²) in [5.74, 6) is -1.32. The Bertz CT molecular complexity index is 1420. The number of benzene rings is 1. The van der Waals surface area contributed by atoms with Crippen molar-refractivity contribution >= 4 is 40.9 Å². The molecular formula is C27H35N7O7. The molecule has 3 rings (SSSR count). The summed E-state index contributed by atoms with van der Waals surface area (Å²) in [7, 11) is 0. The van der Waals surface area contributed by atoms with E-state index >= 15 is 0 Å². The topological polar surface area (TPSA) is 176 Å². The van der Waals surface area contributed by atoms with E-state index in [1.807, 2.05) is 6.92 Å². The molecule has 0 saturated carbocycles. The fraction of sp³-hybridized carbons (Fsp3) is 0.407. The number of esters is 1. The maximum atomic E-state index is 13.6. The van der Waals surface area contributed by atoms with E-state index < -0.39 is 31.6 Å². The van der Waals surface area contributed by atoms with Crippen molar-refractivity contribution in [1.29, 1.82) is 0 Å². The van der Waals surface area contributed by atoms with Crippen LogP contribution in [-0.2, 0) is 14.3 Å². The third-order valence-electron chi connectivity index (χ3n) is 6.17. The van der Waals surface area contributed by atoms with Gasteiger partial charge in [-0.2, -0.15) is 5.10 Å². The monoisotopic (exact) mass is 569 g/mol. The number of aromatic nitrogens is 3. The van der Waals surface area contributed by atoms with Crippen LogP contribution < -0.4 is 20.9 Å². The van der Waals surface area contributed by atoms with Crippen molar-refractivity contribution in [1.82, 2.24) is 30.5 Å². The van der Waals surface area contributed by atoms with Gasteiger partial charge in [-0.25, -0.2) is 19.2 Å². The van der Waals surface area contributed by atoms with E-state index in [0.29, 0.717) is 35.3 Å². The van der Waals surface area contributed by atoms with Crippen LogP contribution in [0.5, 0.6) is 0 Å². The van der Waals surface area contributed by atoms with Crippen LogP contribution in [0, 0.1) is 13.8 Å². The number of amides is 3. The summed E-state index contributed by atoms with van der Waals surface area (Å²) in [6.45, 7) is 8.37. The van der Waals surface area contributed by atoms with Crippen LogP contribution in [0.15, 0.2) is 30.7 Å². The predicted octanol–water partition coefficient (Wildman–Crippen LogP) is 1.94. The van der Waals surface area contributed by atoms with E-state index in [1.165, 1.54) is 23.8 Å². The van der Waals surface area contributed by atoms with E-state index in [9.17, 15) is 19.2 Å². The van der Waals surface area contributed by atoms with Crippen molar-refractivity contribution in [3.05, 3.63) is 53.0 Å². The lowest BCUT2D eigenvalue weighted by Crippen LogP contribution is -2.37. The van der Waals surface area contributed by atoms with Crippen LogP contribution in [0.2, 0.25) is 0 Å². The molecule has 0 saturated heterocycles. The van der Waals surface area contributed by atoms with Crippen LogP contribution in [0.4, 0.5) is 16.3 Å². The van der Waals surface area contributed by atoms with Gasteiger partial charge >= 0.3 is 12.1 Å². The molecule has 0 aliphatic heterocycles. The summed E-state index contributed by atoms with van der Waals surface area (Å²) < 4.78 is 11.8. The number of nitrogens with zero attached hydrogens (tertiary/aromatic N) is 4. The maximum absolute atomic E-state index is 13.6. The lowest BCUT2D eigenvalue weighted by Gasteiger charge is -2.24. The second kappa shape index (κ2) is 14.2. The van der Waals surface area contributed by atoms with Gasteiger partial charge in [-0.15, -0.1) is 0 Å². The average Bonchev–Trinajstić information content (AvgIpc) is 3.30. The molecule has 0 bridgehead atoms. The number of nitrogens with one attached hydrogen (secondary N) is 3. The van der Waals surface area contributed by atoms with Crippen LogP contribution in [0.3, 0.4) is 0 Å². The number of aliphatic hydroxyl groups excluding tert-OH is 1. The van der Waals surface area contributed by atoms with Crippen molar-refractivity contribution in [2.24, 2.45) is 0 Å². The summed E-state index contributed by atoms with van der Waals surface area (Å²) in [5.41, 5.74) is 2.39. The molecule has 0 spiro atoms. The highest BCUT2D eigenvalue weighted by molar-refractivity contribution is 6.04. The van der Waals surface area contributed by atoms with Crippen LogP contribution >= 0.6 is 0 Å². The van der Waals surface area contributed by atoms with Gasteiger partial charge in [0.25, 0.3) is 11.8 Å². The lowest BCUT2D eigenvalue weighted by molar-refractivity contribution is -0.154. The molecule has 41 heavy (non-hydrogen) atoms. The number of ether oxygens (including phenoxy) is 2. The zero-order chi connectivity index (χ0) is 30.1. The molecule has 14 heteroatoms. The van der Waals surface area contributed by atoms with Gasteiger partial charge in [0.05, 0.1) is 18.0 Å². The van der Waals surface area contributed by atoms with Gasteiger partial charge in [-0.1, -0.05) is 13.0 Å². The largest absolute Gasteiger partial charge is 0.427 e. The standard InChI is InChI=1S/C27H35N7O7/c1-6-10-29-25(37)20-12-33-22(17(20)4)23(30-13-32-33)34(27(39)41-15-40-26(38)18(5)31-14-35)21-11-19(9-8-16(21)3)24(36)28-7-2/h8-9,11-13,18,31,35H,6-7,10,14-15H2,1-5H3,(H,28,36)(H,29,37). The van der Waals surface area contributed by atoms with E-state index in [2.05, 4.69) is 26.0 Å². The highest BCUT2D eigenvalue weighted by atomic mass is 16.7. The summed E-state index contributed by atoms with van der Waals surface area (Å²) in [6.07, 6.45) is 2.55. The van der Waals surface area contributed by atoms with E-state index in [0.717, 1.165) is 11.3 Å². The molecule has 1 atom stereocenters. The number of fused-ring (bicyclic) bond motifs is 1. The quantitative estimate of drug-likeness (QED) is 0.186. The summed E-state index contributed by atoms with van der Waals surface area (Å²) in [5, 5.41) is 21.2. The average molecular weight is 570 g/mol. The Labute approximate surface area is 237 Å². The third kappa shape index (κ3) is 7.15. The summed E-state index contributed by atoms with van der Waals surface area (Å²) in [6, 6.07) is 3.98. The minimum absolute atomic E-state index is 0.0785. The Morgan fingerprint density at radius 2 is 1.85 bits per heavy atom. The first-order valence-electron chi connectivity index (χ1n) is 13.1. The van der Waals surface area contributed by atoms with Crippen molar-refractivity contribution in [2.45, 2.75) is 47.1 Å². The Kier molecular flexibility index (Phi) is 10.7. The van der Waals surface area contributed by atoms with E-state index in [4.69, 9.17) is 14.6 Å². The Hall–Kier alpha value is -4.56. The van der Waals surface area contributed by atoms with Gasteiger partial charge in [0, 0.05) is 24.8 Å². The van der Waals surface area contributed by atoms with Crippen molar-refractivity contribution in [3.63, 3.8) is 0 Å². The van der Waals surface area contributed by atoms with E-state index in [1.54, 1.807) is 39.1 Å². The molecule has 0 aliphatic rings. The van der Waals surface area contributed by atoms with Gasteiger partial charge in [0.15, 0.2) is 5.82 Å². The molecular weight excluding hydrogens is 534 g/mol. The second-order valence-electron chi connectivity index (χ2n) is 9.07. The Morgan fingerprint density at radius 1 is 1.10 bits per heavy atom. The molecule has 1 aromatic carbocycles. The molecule has 0 aliphatic carbocycles. The second-order valence-corrected chi connectivity index (χ2v) is 9.07. The van der Waals surface area contributed by atoms with Crippen molar-refractivity contribution < 1.29 is 33.8 Å². The lowest BCUT2D eigenvalue weighted by atomic mass is 10.1. The number of carbonyl (C=O) groups excluding carboxylic acids is 4. The first-order valence-corrected chi connectivity index (χ1v) is 13.1. The maximum Gasteiger partial charge on any atom is 0.423 e. The van der Waals surface area contributed by atoms with Crippen LogP contribution in [0.25, 0.3) is 5.52 Å². The minimum atomic E-state index is -0.963. The van der Waals surface area contributed by atoms with Crippen molar-refractivity contribution in [2.75, 3.05) is 31.5 Å². The molecule has 4 N–H and O–H groups in total. The number of carbonyl (C=O) groups is 4. The Morgan fingerprint density at radius 3 is 2.54 bits per heavy atom. The molecule has 1 unspecified atom stereocenters. The smallest absolute Gasteiger partial charge is 0.423 e. The van der Waals surface area contributed by atoms with Gasteiger partial charge in [-0.05, 0) is 57.4 Å². The van der Waals surface area contributed by atoms with Crippen LogP contribution in [0.1, 0.15) is 59.0 Å². The molecule has 3 amide bonds. The first-order chi connectivity index (χ1) is 19.6. The normalized spacial score (nSPS) is 11.6. The molecule has 14 nitrogen and oxygen atoms in total. The van der Waals surface area contributed by atoms with Gasteiger partial charge in [-0.3, -0.25) is 19.7 Å². The fourth-order valence-electron chi connectivity index (χ4n) is 3.97. The number of aliphatic hydroxyl groups is 1. The predicted molar refractivity (Wildman–Crippen MR) is 149 cm³/mol. The van der Waals surface area contributed by atoms with Gasteiger partial charge < -0.3 is 25.2 Å². The minimum Gasteiger partial charge on any atom is -0.427 e. The highest BCUT2D eigenvalue weighted by Gasteiger charge is 2.29. The molecule has 220 valence electrons. The number of hydrogen-bond acceptors (Lipinski definition) is 10. The highest BCUT2D eigenvalue weighted by Crippen LogP contribution is 2.34. The summed E-state index contributed by atoms with van der Waals surface area (Å²) >= 11 is 0. The SMILES string of the molecule is CCCNC(=O)c1cn2ncnc(N(C(=O)OCOC(=O)C(C)NCO)c3cc(C(=O)NCC)ccc3C)c2c1C. The third-order valence-corrected chi connectivity index (χ3v) is 6.17. The van der Waals surface area contributed by atoms with E-state index in [-0.39, 0.29) is 28.9 Å². The number of rotatable bonds is 12. The Balaban J connectivity index is 2.10. The summed E-state index contributed by atoms with van der Waals surface area (Å²) in [4.78, 5) is 56.7. The number of aryl methyl sites for hydroxylation is 2. The zero-order valence-corrected chi connectivity index (χ0v) is 23.7. The van der Waals surface area contributed by atoms with Crippen LogP contribution in [-0.4, -0.2) is 76.2 Å². The van der Waals surface area contributed by atoms with Gasteiger partial charge in [0.2, 0.25) is 6.79 Å². The number of hydrogen-bond donors (Lipinski definition) is 4. The fourth-order valence-corrected chi connectivity index (χ4v) is 3.97. The first kappa shape index (κ1) is 31.0. The molecule has 3 aromatic rings. The van der Waals surface area contributed by atoms with Crippen molar-refractivity contribution in [3.8, 4) is 0 Å². The molecule has 0 fully saturated rings. The molecule has 2 heterocycles.